The Morgan fingerprint density at radius 1 is 0.700 bits per heavy atom. The van der Waals surface area contributed by atoms with Crippen molar-refractivity contribution < 1.29 is 9.84 Å². The van der Waals surface area contributed by atoms with Crippen molar-refractivity contribution in [2.45, 2.75) is 20.8 Å². The number of nitrogens with zero attached hydrogens (tertiary/aromatic N) is 3. The van der Waals surface area contributed by atoms with Crippen LogP contribution in [0.4, 0.5) is 0 Å². The van der Waals surface area contributed by atoms with Gasteiger partial charge in [-0.1, -0.05) is 42.0 Å². The Labute approximate surface area is 232 Å². The van der Waals surface area contributed by atoms with Gasteiger partial charge in [0.2, 0.25) is 5.88 Å². The van der Waals surface area contributed by atoms with Gasteiger partial charge in [-0.3, -0.25) is 4.57 Å². The van der Waals surface area contributed by atoms with Gasteiger partial charge in [0.05, 0.1) is 11.0 Å². The average Bonchev–Trinajstić information content (AvgIpc) is 3.28. The summed E-state index contributed by atoms with van der Waals surface area (Å²) in [4.78, 5) is 9.36. The number of para-hydroxylation sites is 1. The predicted octanol–water partition coefficient (Wildman–Crippen LogP) is 8.82. The zero-order valence-electron chi connectivity index (χ0n) is 22.5. The molecular weight excluding hydrogens is 494 g/mol. The van der Waals surface area contributed by atoms with Crippen LogP contribution in [-0.4, -0.2) is 19.6 Å². The summed E-state index contributed by atoms with van der Waals surface area (Å²) < 4.78 is 8.44. The van der Waals surface area contributed by atoms with Gasteiger partial charge in [-0.05, 0) is 91.6 Å². The molecule has 1 N–H and O–H groups in total. The van der Waals surface area contributed by atoms with Crippen molar-refractivity contribution in [3.05, 3.63) is 120 Å². The lowest BCUT2D eigenvalue weighted by Gasteiger charge is -2.15. The summed E-state index contributed by atoms with van der Waals surface area (Å²) in [7, 11) is 0. The van der Waals surface area contributed by atoms with E-state index >= 15 is 0 Å². The Bertz CT molecular complexity index is 2050. The summed E-state index contributed by atoms with van der Waals surface area (Å²) in [6, 6.07) is 32.2. The summed E-state index contributed by atoms with van der Waals surface area (Å²) in [5.41, 5.74) is 8.42. The van der Waals surface area contributed by atoms with Crippen molar-refractivity contribution in [3.63, 3.8) is 0 Å². The Morgan fingerprint density at radius 2 is 1.45 bits per heavy atom. The molecule has 5 heteroatoms. The Balaban J connectivity index is 1.34. The minimum Gasteiger partial charge on any atom is -0.506 e. The zero-order valence-corrected chi connectivity index (χ0v) is 22.5. The van der Waals surface area contributed by atoms with Crippen molar-refractivity contribution >= 4 is 32.7 Å². The van der Waals surface area contributed by atoms with Crippen LogP contribution in [0, 0.1) is 20.8 Å². The SMILES string of the molecule is Cc1cc(C)c(-c2ccc(O)c3nc(Oc4ccc5c6ccccc6n(-c6ccccn6)c5c4)ccc23)c(C)c1. The summed E-state index contributed by atoms with van der Waals surface area (Å²) in [5.74, 6) is 2.03. The predicted molar refractivity (Wildman–Crippen MR) is 162 cm³/mol. The molecule has 0 aliphatic heterocycles. The molecule has 0 aliphatic carbocycles. The van der Waals surface area contributed by atoms with Crippen LogP contribution in [-0.2, 0) is 0 Å². The van der Waals surface area contributed by atoms with Gasteiger partial charge in [0.1, 0.15) is 22.8 Å². The molecule has 0 amide bonds. The monoisotopic (exact) mass is 521 g/mol. The fraction of sp³-hybridized carbons (Fsp3) is 0.0857. The second-order valence-electron chi connectivity index (χ2n) is 10.3. The van der Waals surface area contributed by atoms with Crippen LogP contribution in [0.25, 0.3) is 49.7 Å². The molecule has 7 rings (SSSR count). The highest BCUT2D eigenvalue weighted by atomic mass is 16.5. The molecule has 4 aromatic carbocycles. The number of aromatic hydroxyl groups is 1. The zero-order chi connectivity index (χ0) is 27.4. The molecule has 0 saturated carbocycles. The van der Waals surface area contributed by atoms with Crippen LogP contribution in [0.5, 0.6) is 17.4 Å². The largest absolute Gasteiger partial charge is 0.506 e. The molecule has 0 fully saturated rings. The number of ether oxygens (including phenoxy) is 1. The Morgan fingerprint density at radius 3 is 2.25 bits per heavy atom. The molecule has 40 heavy (non-hydrogen) atoms. The van der Waals surface area contributed by atoms with Crippen molar-refractivity contribution in [3.8, 4) is 34.3 Å². The summed E-state index contributed by atoms with van der Waals surface area (Å²) in [5, 5.41) is 13.9. The van der Waals surface area contributed by atoms with Crippen molar-refractivity contribution in [1.82, 2.24) is 14.5 Å². The van der Waals surface area contributed by atoms with E-state index in [0.717, 1.165) is 38.6 Å². The summed E-state index contributed by atoms with van der Waals surface area (Å²) in [6.07, 6.45) is 1.80. The van der Waals surface area contributed by atoms with Gasteiger partial charge in [-0.25, -0.2) is 9.97 Å². The van der Waals surface area contributed by atoms with Gasteiger partial charge in [0.15, 0.2) is 0 Å². The third-order valence-corrected chi connectivity index (χ3v) is 7.50. The first-order valence-electron chi connectivity index (χ1n) is 13.3. The van der Waals surface area contributed by atoms with Gasteiger partial charge >= 0.3 is 0 Å². The number of phenols is 1. The lowest BCUT2D eigenvalue weighted by atomic mass is 9.91. The van der Waals surface area contributed by atoms with E-state index in [1.807, 2.05) is 60.7 Å². The van der Waals surface area contributed by atoms with Crippen LogP contribution in [0.15, 0.2) is 103 Å². The second-order valence-corrected chi connectivity index (χ2v) is 10.3. The molecule has 0 aliphatic rings. The van der Waals surface area contributed by atoms with Gasteiger partial charge < -0.3 is 9.84 Å². The summed E-state index contributed by atoms with van der Waals surface area (Å²) >= 11 is 0. The first-order chi connectivity index (χ1) is 19.5. The molecule has 5 nitrogen and oxygen atoms in total. The topological polar surface area (TPSA) is 60.2 Å². The average molecular weight is 522 g/mol. The van der Waals surface area contributed by atoms with Crippen LogP contribution < -0.4 is 4.74 Å². The standard InChI is InChI=1S/C35H27N3O2/c1-21-18-22(2)34(23(3)19-21)27-13-15-31(39)35-28(27)14-16-33(37-35)40-24-11-12-26-25-8-4-5-9-29(25)38(30(26)20-24)32-10-6-7-17-36-32/h4-20,39H,1-3H3. The quantitative estimate of drug-likeness (QED) is 0.251. The Hall–Kier alpha value is -5.16. The van der Waals surface area contributed by atoms with Crippen LogP contribution in [0.2, 0.25) is 0 Å². The van der Waals surface area contributed by atoms with Gasteiger partial charge in [-0.2, -0.15) is 0 Å². The molecule has 0 atom stereocenters. The number of fused-ring (bicyclic) bond motifs is 4. The van der Waals surface area contributed by atoms with Gasteiger partial charge in [0.25, 0.3) is 0 Å². The van der Waals surface area contributed by atoms with Crippen molar-refractivity contribution in [2.75, 3.05) is 0 Å². The lowest BCUT2D eigenvalue weighted by Crippen LogP contribution is -1.96. The van der Waals surface area contributed by atoms with E-state index in [4.69, 9.17) is 9.72 Å². The smallest absolute Gasteiger partial charge is 0.219 e. The lowest BCUT2D eigenvalue weighted by molar-refractivity contribution is 0.460. The number of aromatic nitrogens is 3. The fourth-order valence-electron chi connectivity index (χ4n) is 5.93. The van der Waals surface area contributed by atoms with Crippen LogP contribution in [0.3, 0.4) is 0 Å². The molecule has 0 saturated heterocycles. The highest BCUT2D eigenvalue weighted by molar-refractivity contribution is 6.09. The maximum atomic E-state index is 10.8. The summed E-state index contributed by atoms with van der Waals surface area (Å²) in [6.45, 7) is 6.36. The van der Waals surface area contributed by atoms with E-state index in [2.05, 4.69) is 60.7 Å². The molecule has 194 valence electrons. The molecule has 3 heterocycles. The number of benzene rings is 4. The number of phenolic OH excluding ortho intramolecular Hbond substituents is 1. The highest BCUT2D eigenvalue weighted by Crippen LogP contribution is 2.39. The first kappa shape index (κ1) is 23.9. The van der Waals surface area contributed by atoms with E-state index in [-0.39, 0.29) is 5.75 Å². The van der Waals surface area contributed by atoms with E-state index in [0.29, 0.717) is 17.1 Å². The first-order valence-corrected chi connectivity index (χ1v) is 13.3. The number of hydrogen-bond acceptors (Lipinski definition) is 4. The van der Waals surface area contributed by atoms with Gasteiger partial charge in [-0.15, -0.1) is 0 Å². The molecule has 3 aromatic heterocycles. The van der Waals surface area contributed by atoms with E-state index in [1.165, 1.54) is 22.3 Å². The maximum Gasteiger partial charge on any atom is 0.219 e. The van der Waals surface area contributed by atoms with E-state index < -0.39 is 0 Å². The Kier molecular flexibility index (Phi) is 5.53. The number of aryl methyl sites for hydroxylation is 3. The van der Waals surface area contributed by atoms with Crippen LogP contribution in [0.1, 0.15) is 16.7 Å². The maximum absolute atomic E-state index is 10.8. The van der Waals surface area contributed by atoms with Crippen LogP contribution >= 0.6 is 0 Å². The third kappa shape index (κ3) is 3.86. The second kappa shape index (κ2) is 9.24. The minimum atomic E-state index is 0.123. The minimum absolute atomic E-state index is 0.123. The molecule has 0 spiro atoms. The van der Waals surface area contributed by atoms with Crippen molar-refractivity contribution in [2.24, 2.45) is 0 Å². The van der Waals surface area contributed by atoms with Crippen molar-refractivity contribution in [1.29, 1.82) is 0 Å². The highest BCUT2D eigenvalue weighted by Gasteiger charge is 2.16. The van der Waals surface area contributed by atoms with E-state index in [1.54, 1.807) is 12.3 Å². The molecular formula is C35H27N3O2. The molecule has 7 aromatic rings. The molecule has 0 bridgehead atoms. The molecule has 0 radical (unpaired) electrons. The molecule has 0 unspecified atom stereocenters. The number of hydrogen-bond donors (Lipinski definition) is 1. The fourth-order valence-corrected chi connectivity index (χ4v) is 5.93. The number of pyridine rings is 2. The normalized spacial score (nSPS) is 11.5. The van der Waals surface area contributed by atoms with Gasteiger partial charge in [0, 0.05) is 34.5 Å². The third-order valence-electron chi connectivity index (χ3n) is 7.50. The number of rotatable bonds is 4. The van der Waals surface area contributed by atoms with E-state index in [9.17, 15) is 5.11 Å².